The number of carbonyl (C=O) groups excluding carboxylic acids is 1. The third kappa shape index (κ3) is 3.12. The minimum absolute atomic E-state index is 0. The number of thiazole rings is 1. The maximum atomic E-state index is 12.3. The van der Waals surface area contributed by atoms with Crippen LogP contribution in [-0.2, 0) is 13.0 Å². The van der Waals surface area contributed by atoms with E-state index in [2.05, 4.69) is 22.2 Å². The van der Waals surface area contributed by atoms with Crippen molar-refractivity contribution in [2.24, 2.45) is 0 Å². The van der Waals surface area contributed by atoms with Gasteiger partial charge in [0.15, 0.2) is 16.6 Å². The van der Waals surface area contributed by atoms with E-state index in [1.807, 2.05) is 0 Å². The smallest absolute Gasteiger partial charge is 0.257 e. The Labute approximate surface area is 143 Å². The van der Waals surface area contributed by atoms with Gasteiger partial charge in [0.25, 0.3) is 5.91 Å². The molecule has 4 rings (SSSR count). The Hall–Kier alpha value is -1.83. The fourth-order valence-electron chi connectivity index (χ4n) is 2.58. The number of fused-ring (bicyclic) bond motifs is 2. The van der Waals surface area contributed by atoms with Crippen molar-refractivity contribution in [2.45, 2.75) is 13.0 Å². The van der Waals surface area contributed by atoms with E-state index in [0.717, 1.165) is 25.2 Å². The molecule has 1 N–H and O–H groups in total. The van der Waals surface area contributed by atoms with Gasteiger partial charge in [-0.1, -0.05) is 0 Å². The summed E-state index contributed by atoms with van der Waals surface area (Å²) in [5.41, 5.74) is 1.64. The zero-order chi connectivity index (χ0) is 15.1. The van der Waals surface area contributed by atoms with Crippen LogP contribution in [0.2, 0.25) is 0 Å². The van der Waals surface area contributed by atoms with E-state index in [9.17, 15) is 4.79 Å². The number of nitrogens with one attached hydrogen (secondary N) is 1. The number of ether oxygens (including phenoxy) is 2. The summed E-state index contributed by atoms with van der Waals surface area (Å²) >= 11 is 1.55. The fourth-order valence-corrected chi connectivity index (χ4v) is 3.67. The molecule has 2 aliphatic heterocycles. The molecule has 1 aromatic carbocycles. The molecule has 0 radical (unpaired) electrons. The maximum absolute atomic E-state index is 12.3. The minimum atomic E-state index is -0.183. The topological polar surface area (TPSA) is 63.7 Å². The molecule has 0 saturated carbocycles. The van der Waals surface area contributed by atoms with Crippen LogP contribution in [0.1, 0.15) is 20.9 Å². The van der Waals surface area contributed by atoms with Crippen LogP contribution in [0.15, 0.2) is 18.2 Å². The molecule has 1 aromatic heterocycles. The molecule has 1 amide bonds. The maximum Gasteiger partial charge on any atom is 0.257 e. The predicted molar refractivity (Wildman–Crippen MR) is 89.9 cm³/mol. The highest BCUT2D eigenvalue weighted by molar-refractivity contribution is 7.15. The van der Waals surface area contributed by atoms with Gasteiger partial charge >= 0.3 is 0 Å². The Bertz CT molecular complexity index is 750. The summed E-state index contributed by atoms with van der Waals surface area (Å²) in [6.07, 6.45) is 0.933. The van der Waals surface area contributed by atoms with E-state index in [0.29, 0.717) is 22.2 Å². The van der Waals surface area contributed by atoms with Gasteiger partial charge in [0.05, 0.1) is 5.69 Å². The van der Waals surface area contributed by atoms with Gasteiger partial charge in [-0.3, -0.25) is 10.1 Å². The molecule has 122 valence electrons. The number of aromatic nitrogens is 1. The fraction of sp³-hybridized carbons (Fsp3) is 0.333. The van der Waals surface area contributed by atoms with Crippen LogP contribution in [0.3, 0.4) is 0 Å². The molecule has 0 saturated heterocycles. The molecule has 0 spiro atoms. The average Bonchev–Trinajstić information content (AvgIpc) is 3.11. The third-order valence-corrected chi connectivity index (χ3v) is 4.78. The first-order valence-corrected chi connectivity index (χ1v) is 7.89. The van der Waals surface area contributed by atoms with Crippen molar-refractivity contribution in [3.63, 3.8) is 0 Å². The van der Waals surface area contributed by atoms with Crippen molar-refractivity contribution in [2.75, 3.05) is 25.7 Å². The van der Waals surface area contributed by atoms with Crippen molar-refractivity contribution >= 4 is 34.8 Å². The lowest BCUT2D eigenvalue weighted by Crippen LogP contribution is -2.25. The Balaban J connectivity index is 0.00000156. The third-order valence-electron chi connectivity index (χ3n) is 3.78. The highest BCUT2D eigenvalue weighted by Crippen LogP contribution is 2.33. The molecule has 0 fully saturated rings. The van der Waals surface area contributed by atoms with Crippen molar-refractivity contribution in [3.8, 4) is 11.5 Å². The molecule has 8 heteroatoms. The summed E-state index contributed by atoms with van der Waals surface area (Å²) in [5.74, 6) is 1.09. The Morgan fingerprint density at radius 1 is 1.35 bits per heavy atom. The summed E-state index contributed by atoms with van der Waals surface area (Å²) in [5, 5.41) is 3.53. The minimum Gasteiger partial charge on any atom is -0.454 e. The lowest BCUT2D eigenvalue weighted by atomic mass is 10.2. The van der Waals surface area contributed by atoms with Gasteiger partial charge < -0.3 is 14.4 Å². The standard InChI is InChI=1S/C15H15N3O3S.ClH/c1-18-5-4-10-13(7-18)22-15(16-10)17-14(19)9-2-3-11-12(6-9)21-8-20-11;/h2-3,6H,4-5,7-8H2,1H3,(H,16,17,19);1H. The number of hydrogen-bond acceptors (Lipinski definition) is 6. The molecule has 0 aliphatic carbocycles. The van der Waals surface area contributed by atoms with Crippen LogP contribution >= 0.6 is 23.7 Å². The number of benzene rings is 1. The number of halogens is 1. The van der Waals surface area contributed by atoms with E-state index < -0.39 is 0 Å². The molecule has 3 heterocycles. The lowest BCUT2D eigenvalue weighted by molar-refractivity contribution is 0.102. The van der Waals surface area contributed by atoms with Crippen LogP contribution in [0, 0.1) is 0 Å². The van der Waals surface area contributed by atoms with Gasteiger partial charge in [-0.25, -0.2) is 4.98 Å². The molecule has 2 aromatic rings. The summed E-state index contributed by atoms with van der Waals surface area (Å²) in [4.78, 5) is 20.4. The second-order valence-corrected chi connectivity index (χ2v) is 6.48. The average molecular weight is 354 g/mol. The molecule has 0 atom stereocenters. The highest BCUT2D eigenvalue weighted by atomic mass is 35.5. The second-order valence-electron chi connectivity index (χ2n) is 5.40. The van der Waals surface area contributed by atoms with E-state index in [1.54, 1.807) is 29.5 Å². The number of amides is 1. The van der Waals surface area contributed by atoms with Crippen LogP contribution in [0.5, 0.6) is 11.5 Å². The number of hydrogen-bond donors (Lipinski definition) is 1. The molecule has 0 unspecified atom stereocenters. The Morgan fingerprint density at radius 3 is 3.04 bits per heavy atom. The number of carbonyl (C=O) groups is 1. The van der Waals surface area contributed by atoms with Crippen LogP contribution < -0.4 is 14.8 Å². The van der Waals surface area contributed by atoms with Crippen LogP contribution in [0.4, 0.5) is 5.13 Å². The van der Waals surface area contributed by atoms with E-state index >= 15 is 0 Å². The number of rotatable bonds is 2. The van der Waals surface area contributed by atoms with Gasteiger partial charge in [0.2, 0.25) is 6.79 Å². The van der Waals surface area contributed by atoms with Gasteiger partial charge in [-0.15, -0.1) is 23.7 Å². The zero-order valence-corrected chi connectivity index (χ0v) is 14.1. The van der Waals surface area contributed by atoms with E-state index in [1.165, 1.54) is 4.88 Å². The lowest BCUT2D eigenvalue weighted by Gasteiger charge is -2.20. The summed E-state index contributed by atoms with van der Waals surface area (Å²) in [7, 11) is 2.09. The monoisotopic (exact) mass is 353 g/mol. The molecule has 0 bridgehead atoms. The summed E-state index contributed by atoms with van der Waals surface area (Å²) in [6.45, 7) is 2.10. The van der Waals surface area contributed by atoms with Crippen LogP contribution in [0.25, 0.3) is 0 Å². The van der Waals surface area contributed by atoms with Gasteiger partial charge in [-0.2, -0.15) is 0 Å². The first-order chi connectivity index (χ1) is 10.7. The molecular weight excluding hydrogens is 338 g/mol. The van der Waals surface area contributed by atoms with Gasteiger partial charge in [0.1, 0.15) is 0 Å². The largest absolute Gasteiger partial charge is 0.454 e. The summed E-state index contributed by atoms with van der Waals surface area (Å²) < 4.78 is 10.5. The van der Waals surface area contributed by atoms with Crippen molar-refractivity contribution < 1.29 is 14.3 Å². The predicted octanol–water partition coefficient (Wildman–Crippen LogP) is 2.53. The zero-order valence-electron chi connectivity index (χ0n) is 12.5. The first kappa shape index (κ1) is 16.0. The Kier molecular flexibility index (Phi) is 4.43. The molecule has 2 aliphatic rings. The quantitative estimate of drug-likeness (QED) is 0.898. The second kappa shape index (κ2) is 6.35. The highest BCUT2D eigenvalue weighted by Gasteiger charge is 2.20. The molecule has 6 nitrogen and oxygen atoms in total. The van der Waals surface area contributed by atoms with Crippen LogP contribution in [-0.4, -0.2) is 36.2 Å². The molecular formula is C15H16ClN3O3S. The first-order valence-electron chi connectivity index (χ1n) is 7.07. The molecule has 23 heavy (non-hydrogen) atoms. The SMILES string of the molecule is CN1CCc2nc(NC(=O)c3ccc4c(c3)OCO4)sc2C1.Cl. The number of nitrogens with zero attached hydrogens (tertiary/aromatic N) is 2. The number of anilines is 1. The van der Waals surface area contributed by atoms with Crippen molar-refractivity contribution in [1.82, 2.24) is 9.88 Å². The van der Waals surface area contributed by atoms with Crippen molar-refractivity contribution in [1.29, 1.82) is 0 Å². The van der Waals surface area contributed by atoms with Gasteiger partial charge in [-0.05, 0) is 25.2 Å². The number of likely N-dealkylation sites (N-methyl/N-ethyl adjacent to an activating group) is 1. The Morgan fingerprint density at radius 2 is 2.17 bits per heavy atom. The summed E-state index contributed by atoms with van der Waals surface area (Å²) in [6, 6.07) is 5.17. The van der Waals surface area contributed by atoms with Gasteiger partial charge in [0, 0.05) is 30.0 Å². The van der Waals surface area contributed by atoms with E-state index in [4.69, 9.17) is 9.47 Å². The normalized spacial score (nSPS) is 15.7. The van der Waals surface area contributed by atoms with E-state index in [-0.39, 0.29) is 25.1 Å². The van der Waals surface area contributed by atoms with Crippen molar-refractivity contribution in [3.05, 3.63) is 34.3 Å².